The lowest BCUT2D eigenvalue weighted by atomic mass is 10.2. The molecule has 0 N–H and O–H groups in total. The molecule has 0 saturated carbocycles. The Labute approximate surface area is 112 Å². The van der Waals surface area contributed by atoms with E-state index in [-0.39, 0.29) is 9.13 Å². The Kier molecular flexibility index (Phi) is 4.71. The van der Waals surface area contributed by atoms with Crippen LogP contribution in [0.25, 0.3) is 0 Å². The number of hydrogen-bond donors (Lipinski definition) is 0. The molecule has 1 aromatic rings. The lowest BCUT2D eigenvalue weighted by Crippen LogP contribution is -2.20. The molecule has 4 nitrogen and oxygen atoms in total. The molecule has 18 heavy (non-hydrogen) atoms. The first-order valence-corrected chi connectivity index (χ1v) is 5.45. The van der Waals surface area contributed by atoms with Gasteiger partial charge in [0.25, 0.3) is 0 Å². The first kappa shape index (κ1) is 14.9. The number of methoxy groups -OCH3 is 1. The summed E-state index contributed by atoms with van der Waals surface area (Å²) < 4.78 is 56.8. The smallest absolute Gasteiger partial charge is 0.465 e. The fourth-order valence-electron chi connectivity index (χ4n) is 1.08. The molecule has 1 aromatic heterocycles. The van der Waals surface area contributed by atoms with Gasteiger partial charge in [-0.25, -0.2) is 14.2 Å². The van der Waals surface area contributed by atoms with Crippen molar-refractivity contribution in [3.63, 3.8) is 0 Å². The van der Waals surface area contributed by atoms with Gasteiger partial charge in [-0.05, 0) is 22.6 Å². The molecule has 0 bridgehead atoms. The summed E-state index contributed by atoms with van der Waals surface area (Å²) in [7, 11) is 1.09. The first-order chi connectivity index (χ1) is 8.30. The monoisotopic (exact) mass is 379 g/mol. The summed E-state index contributed by atoms with van der Waals surface area (Å²) in [5.41, 5.74) is -0.573. The quantitative estimate of drug-likeness (QED) is 0.461. The summed E-state index contributed by atoms with van der Waals surface area (Å²) in [6.45, 7) is -1.25. The van der Waals surface area contributed by atoms with Crippen molar-refractivity contribution in [1.82, 2.24) is 4.98 Å². The van der Waals surface area contributed by atoms with Gasteiger partial charge in [-0.15, -0.1) is 13.2 Å². The molecule has 0 spiro atoms. The van der Waals surface area contributed by atoms with Gasteiger partial charge in [0.05, 0.1) is 18.2 Å². The summed E-state index contributed by atoms with van der Waals surface area (Å²) in [5, 5.41) is 0. The average molecular weight is 379 g/mol. The number of carbonyl (C=O) groups is 1. The maximum absolute atomic E-state index is 12.7. The van der Waals surface area contributed by atoms with Crippen LogP contribution in [0.5, 0.6) is 5.88 Å². The van der Waals surface area contributed by atoms with Gasteiger partial charge in [0.2, 0.25) is 5.88 Å². The van der Waals surface area contributed by atoms with E-state index in [1.165, 1.54) is 22.6 Å². The summed E-state index contributed by atoms with van der Waals surface area (Å²) in [4.78, 5) is 14.5. The van der Waals surface area contributed by atoms with Gasteiger partial charge in [0, 0.05) is 9.77 Å². The summed E-state index contributed by atoms with van der Waals surface area (Å²) in [6, 6.07) is 0. The normalized spacial score (nSPS) is 11.2. The second kappa shape index (κ2) is 5.67. The highest BCUT2D eigenvalue weighted by Gasteiger charge is 2.34. The highest BCUT2D eigenvalue weighted by Crippen LogP contribution is 2.30. The molecule has 0 unspecified atom stereocenters. The molecule has 0 radical (unpaired) electrons. The largest absolute Gasteiger partial charge is 0.574 e. The van der Waals surface area contributed by atoms with E-state index >= 15 is 0 Å². The van der Waals surface area contributed by atoms with Gasteiger partial charge in [0.15, 0.2) is 0 Å². The Bertz CT molecular complexity index is 464. The molecule has 0 saturated heterocycles. The van der Waals surface area contributed by atoms with E-state index in [4.69, 9.17) is 0 Å². The van der Waals surface area contributed by atoms with E-state index in [2.05, 4.69) is 14.5 Å². The molecular weight excluding hydrogens is 373 g/mol. The second-order valence-corrected chi connectivity index (χ2v) is 4.02. The zero-order chi connectivity index (χ0) is 13.9. The van der Waals surface area contributed by atoms with Crippen LogP contribution < -0.4 is 4.74 Å². The van der Waals surface area contributed by atoms with Crippen LogP contribution in [0.15, 0.2) is 6.20 Å². The summed E-state index contributed by atoms with van der Waals surface area (Å²) in [6.07, 6.45) is -4.14. The molecule has 0 aliphatic heterocycles. The number of carbonyl (C=O) groups excluding carboxylic acids is 1. The van der Waals surface area contributed by atoms with Gasteiger partial charge < -0.3 is 9.47 Å². The molecular formula is C9H6F4INO3. The fourth-order valence-corrected chi connectivity index (χ4v) is 1.81. The van der Waals surface area contributed by atoms with Crippen LogP contribution in [-0.2, 0) is 11.4 Å². The van der Waals surface area contributed by atoms with Crippen LogP contribution in [0, 0.1) is 3.57 Å². The Morgan fingerprint density at radius 3 is 2.56 bits per heavy atom. The molecule has 100 valence electrons. The van der Waals surface area contributed by atoms with E-state index in [1.54, 1.807) is 0 Å². The summed E-state index contributed by atoms with van der Waals surface area (Å²) in [5.74, 6) is -1.73. The van der Waals surface area contributed by atoms with Gasteiger partial charge in [-0.2, -0.15) is 0 Å². The predicted molar refractivity (Wildman–Crippen MR) is 59.8 cm³/mol. The molecule has 0 aliphatic carbocycles. The van der Waals surface area contributed by atoms with Crippen LogP contribution in [0.1, 0.15) is 15.9 Å². The number of pyridine rings is 1. The van der Waals surface area contributed by atoms with Crippen molar-refractivity contribution < 1.29 is 31.8 Å². The predicted octanol–water partition coefficient (Wildman–Crippen LogP) is 2.84. The molecule has 1 heterocycles. The van der Waals surface area contributed by atoms with E-state index in [1.807, 2.05) is 0 Å². The minimum atomic E-state index is -4.98. The Morgan fingerprint density at radius 1 is 1.50 bits per heavy atom. The SMILES string of the molecule is COC(=O)c1cnc(OC(F)(F)F)c(CF)c1I. The number of aromatic nitrogens is 1. The Hall–Kier alpha value is -1.13. The number of nitrogens with zero attached hydrogens (tertiary/aromatic N) is 1. The van der Waals surface area contributed by atoms with E-state index in [9.17, 15) is 22.4 Å². The van der Waals surface area contributed by atoms with Crippen molar-refractivity contribution in [2.45, 2.75) is 13.0 Å². The van der Waals surface area contributed by atoms with Crippen molar-refractivity contribution in [1.29, 1.82) is 0 Å². The average Bonchev–Trinajstić information content (AvgIpc) is 2.26. The highest BCUT2D eigenvalue weighted by atomic mass is 127. The number of hydrogen-bond acceptors (Lipinski definition) is 4. The van der Waals surface area contributed by atoms with Gasteiger partial charge >= 0.3 is 12.3 Å². The summed E-state index contributed by atoms with van der Waals surface area (Å²) >= 11 is 1.53. The maximum atomic E-state index is 12.7. The number of ether oxygens (including phenoxy) is 2. The second-order valence-electron chi connectivity index (χ2n) is 2.94. The van der Waals surface area contributed by atoms with Gasteiger partial charge in [0.1, 0.15) is 6.67 Å². The lowest BCUT2D eigenvalue weighted by molar-refractivity contribution is -0.276. The zero-order valence-electron chi connectivity index (χ0n) is 8.85. The van der Waals surface area contributed by atoms with Crippen molar-refractivity contribution >= 4 is 28.6 Å². The van der Waals surface area contributed by atoms with Crippen molar-refractivity contribution in [2.24, 2.45) is 0 Å². The van der Waals surface area contributed by atoms with Gasteiger partial charge in [-0.1, -0.05) is 0 Å². The Morgan fingerprint density at radius 2 is 2.11 bits per heavy atom. The minimum Gasteiger partial charge on any atom is -0.465 e. The fraction of sp³-hybridized carbons (Fsp3) is 0.333. The standard InChI is InChI=1S/C9H6F4INO3/c1-17-8(16)5-3-15-7(18-9(11,12)13)4(2-10)6(5)14/h3H,2H2,1H3. The number of esters is 1. The first-order valence-electron chi connectivity index (χ1n) is 4.37. The van der Waals surface area contributed by atoms with Crippen LogP contribution >= 0.6 is 22.6 Å². The van der Waals surface area contributed by atoms with Crippen LogP contribution in [0.2, 0.25) is 0 Å². The Balaban J connectivity index is 3.25. The van der Waals surface area contributed by atoms with E-state index in [0.29, 0.717) is 0 Å². The molecule has 0 aliphatic rings. The third kappa shape index (κ3) is 3.43. The van der Waals surface area contributed by atoms with Crippen LogP contribution in [0.3, 0.4) is 0 Å². The van der Waals surface area contributed by atoms with Crippen LogP contribution in [0.4, 0.5) is 17.6 Å². The van der Waals surface area contributed by atoms with Crippen molar-refractivity contribution in [3.05, 3.63) is 20.9 Å². The zero-order valence-corrected chi connectivity index (χ0v) is 11.0. The highest BCUT2D eigenvalue weighted by molar-refractivity contribution is 14.1. The topological polar surface area (TPSA) is 48.4 Å². The lowest BCUT2D eigenvalue weighted by Gasteiger charge is -2.13. The van der Waals surface area contributed by atoms with Crippen molar-refractivity contribution in [2.75, 3.05) is 7.11 Å². The third-order valence-electron chi connectivity index (χ3n) is 1.82. The maximum Gasteiger partial charge on any atom is 0.574 e. The van der Waals surface area contributed by atoms with E-state index < -0.39 is 30.4 Å². The molecule has 0 atom stereocenters. The van der Waals surface area contributed by atoms with Gasteiger partial charge in [-0.3, -0.25) is 0 Å². The minimum absolute atomic E-state index is 0.0313. The number of alkyl halides is 4. The molecule has 9 heteroatoms. The molecule has 0 fully saturated rings. The van der Waals surface area contributed by atoms with E-state index in [0.717, 1.165) is 13.3 Å². The number of rotatable bonds is 3. The third-order valence-corrected chi connectivity index (χ3v) is 3.05. The molecule has 1 rings (SSSR count). The number of halogens is 5. The van der Waals surface area contributed by atoms with Crippen molar-refractivity contribution in [3.8, 4) is 5.88 Å². The molecule has 0 aromatic carbocycles. The molecule has 0 amide bonds. The van der Waals surface area contributed by atoms with Crippen LogP contribution in [-0.4, -0.2) is 24.4 Å².